The van der Waals surface area contributed by atoms with E-state index in [2.05, 4.69) is 20.7 Å². The Morgan fingerprint density at radius 2 is 2.03 bits per heavy atom. The summed E-state index contributed by atoms with van der Waals surface area (Å²) in [6.45, 7) is 0.867. The Kier molecular flexibility index (Phi) is 6.42. The quantitative estimate of drug-likeness (QED) is 0.552. The monoisotopic (exact) mass is 429 g/mol. The van der Waals surface area contributed by atoms with Crippen LogP contribution < -0.4 is 15.4 Å². The maximum Gasteiger partial charge on any atom is 0.358 e. The number of thiazole rings is 1. The average Bonchev–Trinajstić information content (AvgIpc) is 3.35. The molecule has 10 nitrogen and oxygen atoms in total. The second-order valence-electron chi connectivity index (χ2n) is 6.16. The zero-order chi connectivity index (χ0) is 21.7. The second kappa shape index (κ2) is 9.18. The Hall–Kier alpha value is -3.73. The minimum Gasteiger partial charge on any atom is -0.495 e. The minimum absolute atomic E-state index is 0.108. The number of nitrogens with one attached hydrogen (secondary N) is 2. The largest absolute Gasteiger partial charge is 0.495 e. The highest BCUT2D eigenvalue weighted by Crippen LogP contribution is 2.28. The molecule has 0 unspecified atom stereocenters. The number of rotatable bonds is 7. The molecule has 156 valence electrons. The maximum atomic E-state index is 12.2. The lowest BCUT2D eigenvalue weighted by Crippen LogP contribution is -2.21. The van der Waals surface area contributed by atoms with Gasteiger partial charge in [0.15, 0.2) is 12.3 Å². The maximum absolute atomic E-state index is 12.2. The lowest BCUT2D eigenvalue weighted by Gasteiger charge is -2.12. The van der Waals surface area contributed by atoms with Crippen LogP contribution in [0.1, 0.15) is 17.4 Å². The van der Waals surface area contributed by atoms with E-state index in [0.717, 1.165) is 5.56 Å². The first kappa shape index (κ1) is 21.0. The van der Waals surface area contributed by atoms with E-state index in [1.807, 2.05) is 0 Å². The molecular weight excluding hydrogens is 410 g/mol. The van der Waals surface area contributed by atoms with Crippen molar-refractivity contribution in [2.24, 2.45) is 7.05 Å². The van der Waals surface area contributed by atoms with Crippen LogP contribution in [0.25, 0.3) is 10.6 Å². The van der Waals surface area contributed by atoms with Crippen molar-refractivity contribution < 1.29 is 23.9 Å². The lowest BCUT2D eigenvalue weighted by molar-refractivity contribution is -0.119. The molecule has 2 aromatic heterocycles. The van der Waals surface area contributed by atoms with E-state index in [9.17, 15) is 14.4 Å². The third kappa shape index (κ3) is 5.20. The summed E-state index contributed by atoms with van der Waals surface area (Å²) in [7, 11) is 3.23. The molecule has 0 spiro atoms. The third-order valence-corrected chi connectivity index (χ3v) is 4.68. The number of hydrogen-bond acceptors (Lipinski definition) is 8. The molecule has 0 saturated heterocycles. The molecule has 3 rings (SSSR count). The van der Waals surface area contributed by atoms with Gasteiger partial charge in [0, 0.05) is 36.8 Å². The van der Waals surface area contributed by atoms with E-state index < -0.39 is 18.5 Å². The highest BCUT2D eigenvalue weighted by atomic mass is 32.1. The SMILES string of the molecule is COc1ccc(NC(C)=O)cc1NC(=O)COC(=O)c1csc(-c2cnn(C)c2)n1. The molecule has 2 N–H and O–H groups in total. The van der Waals surface area contributed by atoms with Crippen molar-refractivity contribution >= 4 is 40.5 Å². The van der Waals surface area contributed by atoms with Gasteiger partial charge in [0.1, 0.15) is 10.8 Å². The Labute approximate surface area is 175 Å². The fourth-order valence-electron chi connectivity index (χ4n) is 2.51. The second-order valence-corrected chi connectivity index (χ2v) is 7.02. The smallest absolute Gasteiger partial charge is 0.358 e. The summed E-state index contributed by atoms with van der Waals surface area (Å²) < 4.78 is 11.9. The topological polar surface area (TPSA) is 124 Å². The fourth-order valence-corrected chi connectivity index (χ4v) is 3.27. The van der Waals surface area contributed by atoms with Crippen molar-refractivity contribution in [3.63, 3.8) is 0 Å². The Balaban J connectivity index is 1.60. The molecule has 1 aromatic carbocycles. The fraction of sp³-hybridized carbons (Fsp3) is 0.211. The Morgan fingerprint density at radius 1 is 1.23 bits per heavy atom. The third-order valence-electron chi connectivity index (χ3n) is 3.79. The number of ether oxygens (including phenoxy) is 2. The normalized spacial score (nSPS) is 10.4. The van der Waals surface area contributed by atoms with Gasteiger partial charge in [-0.25, -0.2) is 9.78 Å². The van der Waals surface area contributed by atoms with E-state index >= 15 is 0 Å². The molecule has 0 fully saturated rings. The van der Waals surface area contributed by atoms with Crippen molar-refractivity contribution in [1.82, 2.24) is 14.8 Å². The van der Waals surface area contributed by atoms with Crippen molar-refractivity contribution in [1.29, 1.82) is 0 Å². The van der Waals surface area contributed by atoms with E-state index in [-0.39, 0.29) is 11.6 Å². The van der Waals surface area contributed by atoms with Crippen molar-refractivity contribution in [2.75, 3.05) is 24.4 Å². The number of carbonyl (C=O) groups is 3. The number of anilines is 2. The molecule has 0 bridgehead atoms. The van der Waals surface area contributed by atoms with Crippen LogP contribution in [-0.2, 0) is 21.4 Å². The summed E-state index contributed by atoms with van der Waals surface area (Å²) in [6.07, 6.45) is 3.42. The van der Waals surface area contributed by atoms with Gasteiger partial charge in [-0.1, -0.05) is 0 Å². The van der Waals surface area contributed by atoms with Gasteiger partial charge in [-0.2, -0.15) is 5.10 Å². The van der Waals surface area contributed by atoms with Crippen molar-refractivity contribution in [2.45, 2.75) is 6.92 Å². The van der Waals surface area contributed by atoms with Gasteiger partial charge in [0.2, 0.25) is 5.91 Å². The summed E-state index contributed by atoms with van der Waals surface area (Å²) >= 11 is 1.28. The first-order chi connectivity index (χ1) is 14.4. The van der Waals surface area contributed by atoms with E-state index in [1.54, 1.807) is 47.7 Å². The number of nitrogens with zero attached hydrogens (tertiary/aromatic N) is 3. The van der Waals surface area contributed by atoms with Gasteiger partial charge in [0.25, 0.3) is 5.91 Å². The van der Waals surface area contributed by atoms with E-state index in [4.69, 9.17) is 9.47 Å². The first-order valence-electron chi connectivity index (χ1n) is 8.73. The Morgan fingerprint density at radius 3 is 2.70 bits per heavy atom. The highest BCUT2D eigenvalue weighted by Gasteiger charge is 2.16. The van der Waals surface area contributed by atoms with Crippen LogP contribution >= 0.6 is 11.3 Å². The van der Waals surface area contributed by atoms with Crippen LogP contribution in [0, 0.1) is 0 Å². The predicted molar refractivity (Wildman–Crippen MR) is 111 cm³/mol. The molecular formula is C19H19N5O5S. The average molecular weight is 429 g/mol. The molecule has 0 aliphatic heterocycles. The van der Waals surface area contributed by atoms with Crippen molar-refractivity contribution in [3.05, 3.63) is 41.7 Å². The number of benzene rings is 1. The van der Waals surface area contributed by atoms with E-state index in [0.29, 0.717) is 22.1 Å². The molecule has 11 heteroatoms. The highest BCUT2D eigenvalue weighted by molar-refractivity contribution is 7.13. The van der Waals surface area contributed by atoms with Crippen LogP contribution in [0.2, 0.25) is 0 Å². The molecule has 30 heavy (non-hydrogen) atoms. The van der Waals surface area contributed by atoms with E-state index in [1.165, 1.54) is 25.4 Å². The molecule has 0 aliphatic rings. The zero-order valence-electron chi connectivity index (χ0n) is 16.5. The molecule has 0 radical (unpaired) electrons. The van der Waals surface area contributed by atoms with Crippen LogP contribution in [0.15, 0.2) is 36.0 Å². The number of methoxy groups -OCH3 is 1. The molecule has 2 amide bonds. The van der Waals surface area contributed by atoms with Gasteiger partial charge in [-0.05, 0) is 18.2 Å². The van der Waals surface area contributed by atoms with Gasteiger partial charge < -0.3 is 20.1 Å². The summed E-state index contributed by atoms with van der Waals surface area (Å²) in [5.41, 5.74) is 1.71. The molecule has 0 saturated carbocycles. The number of aryl methyl sites for hydroxylation is 1. The van der Waals surface area contributed by atoms with Gasteiger partial charge in [-0.15, -0.1) is 11.3 Å². The summed E-state index contributed by atoms with van der Waals surface area (Å²) in [5, 5.41) is 11.5. The molecule has 0 aliphatic carbocycles. The van der Waals surface area contributed by atoms with Crippen molar-refractivity contribution in [3.8, 4) is 16.3 Å². The molecule has 0 atom stereocenters. The van der Waals surface area contributed by atoms with Crippen LogP contribution in [0.5, 0.6) is 5.75 Å². The predicted octanol–water partition coefficient (Wildman–Crippen LogP) is 2.31. The number of amides is 2. The molecule has 3 aromatic rings. The van der Waals surface area contributed by atoms with Crippen LogP contribution in [-0.4, -0.2) is 46.3 Å². The number of hydrogen-bond donors (Lipinski definition) is 2. The number of esters is 1. The summed E-state index contributed by atoms with van der Waals surface area (Å²) in [5.74, 6) is -1.13. The van der Waals surface area contributed by atoms with Gasteiger partial charge in [0.05, 0.1) is 19.0 Å². The number of aromatic nitrogens is 3. The van der Waals surface area contributed by atoms with Crippen LogP contribution in [0.3, 0.4) is 0 Å². The minimum atomic E-state index is -0.712. The first-order valence-corrected chi connectivity index (χ1v) is 9.61. The zero-order valence-corrected chi connectivity index (χ0v) is 17.3. The van der Waals surface area contributed by atoms with Crippen LogP contribution in [0.4, 0.5) is 11.4 Å². The van der Waals surface area contributed by atoms with Gasteiger partial charge in [-0.3, -0.25) is 14.3 Å². The Bertz CT molecular complexity index is 1090. The van der Waals surface area contributed by atoms with Gasteiger partial charge >= 0.3 is 5.97 Å². The molecule has 2 heterocycles. The standard InChI is InChI=1S/C19H19N5O5S/c1-11(25)21-13-4-5-16(28-3)14(6-13)22-17(26)9-29-19(27)15-10-30-18(23-15)12-7-20-24(2)8-12/h4-8,10H,9H2,1-3H3,(H,21,25)(H,22,26). The summed E-state index contributed by atoms with van der Waals surface area (Å²) in [4.78, 5) is 39.8. The lowest BCUT2D eigenvalue weighted by atomic mass is 10.2. The number of carbonyl (C=O) groups excluding carboxylic acids is 3. The summed E-state index contributed by atoms with van der Waals surface area (Å²) in [6, 6.07) is 4.78.